The molecular weight excluding hydrogens is 244 g/mol. The van der Waals surface area contributed by atoms with Gasteiger partial charge in [-0.15, -0.1) is 0 Å². The van der Waals surface area contributed by atoms with Gasteiger partial charge in [-0.25, -0.2) is 0 Å². The first-order valence-corrected chi connectivity index (χ1v) is 6.54. The predicted molar refractivity (Wildman–Crippen MR) is 70.8 cm³/mol. The highest BCUT2D eigenvalue weighted by Crippen LogP contribution is 2.03. The molecule has 0 unspecified atom stereocenters. The zero-order valence-corrected chi connectivity index (χ0v) is 11.3. The van der Waals surface area contributed by atoms with Crippen LogP contribution in [-0.4, -0.2) is 54.8 Å². The Bertz CT molecular complexity index is 379. The van der Waals surface area contributed by atoms with Crippen LogP contribution in [0, 0.1) is 11.3 Å². The Balaban J connectivity index is 2.50. The molecule has 1 aliphatic heterocycles. The summed E-state index contributed by atoms with van der Waals surface area (Å²) in [7, 11) is 0. The fourth-order valence-electron chi connectivity index (χ4n) is 1.77. The Labute approximate surface area is 113 Å². The van der Waals surface area contributed by atoms with Crippen LogP contribution >= 0.6 is 0 Å². The van der Waals surface area contributed by atoms with Crippen LogP contribution in [0.3, 0.4) is 0 Å². The minimum absolute atomic E-state index is 0.121. The lowest BCUT2D eigenvalue weighted by Crippen LogP contribution is -2.43. The number of rotatable bonds is 6. The van der Waals surface area contributed by atoms with E-state index in [1.54, 1.807) is 11.1 Å². The van der Waals surface area contributed by atoms with Crippen LogP contribution in [0.25, 0.3) is 0 Å². The highest BCUT2D eigenvalue weighted by Gasteiger charge is 2.15. The lowest BCUT2D eigenvalue weighted by molar-refractivity contribution is -0.119. The summed E-state index contributed by atoms with van der Waals surface area (Å²) in [5, 5.41) is 11.7. The maximum absolute atomic E-state index is 11.7. The average molecular weight is 264 g/mol. The average Bonchev–Trinajstić information content (AvgIpc) is 2.45. The van der Waals surface area contributed by atoms with E-state index in [2.05, 4.69) is 5.32 Å². The number of unbranched alkanes of at least 4 members (excludes halogenated alkanes) is 1. The first kappa shape index (κ1) is 15.0. The zero-order chi connectivity index (χ0) is 14.1. The molecule has 1 aliphatic rings. The third-order valence-electron chi connectivity index (χ3n) is 2.99. The molecule has 1 heterocycles. The molecule has 0 spiro atoms. The SMILES string of the molecule is CCCCNC(=O)/C(C#N)=C\N1CCN(C=O)CC1. The van der Waals surface area contributed by atoms with E-state index in [0.717, 1.165) is 19.3 Å². The van der Waals surface area contributed by atoms with E-state index < -0.39 is 0 Å². The van der Waals surface area contributed by atoms with Crippen molar-refractivity contribution in [2.45, 2.75) is 19.8 Å². The van der Waals surface area contributed by atoms with E-state index in [-0.39, 0.29) is 11.5 Å². The molecular formula is C13H20N4O2. The van der Waals surface area contributed by atoms with Crippen molar-refractivity contribution in [1.82, 2.24) is 15.1 Å². The summed E-state index contributed by atoms with van der Waals surface area (Å²) in [6.45, 7) is 5.16. The quantitative estimate of drug-likeness (QED) is 0.319. The van der Waals surface area contributed by atoms with Gasteiger partial charge in [0.15, 0.2) is 0 Å². The Kier molecular flexibility index (Phi) is 6.44. The molecule has 0 aromatic rings. The largest absolute Gasteiger partial charge is 0.373 e. The van der Waals surface area contributed by atoms with Crippen molar-refractivity contribution in [3.8, 4) is 6.07 Å². The smallest absolute Gasteiger partial charge is 0.263 e. The Hall–Kier alpha value is -2.03. The summed E-state index contributed by atoms with van der Waals surface area (Å²) in [6, 6.07) is 1.93. The van der Waals surface area contributed by atoms with Gasteiger partial charge in [-0.3, -0.25) is 9.59 Å². The van der Waals surface area contributed by atoms with Crippen molar-refractivity contribution in [2.75, 3.05) is 32.7 Å². The van der Waals surface area contributed by atoms with E-state index in [9.17, 15) is 9.59 Å². The maximum Gasteiger partial charge on any atom is 0.263 e. The van der Waals surface area contributed by atoms with Crippen molar-refractivity contribution >= 4 is 12.3 Å². The van der Waals surface area contributed by atoms with E-state index in [0.29, 0.717) is 32.7 Å². The second-order valence-corrected chi connectivity index (χ2v) is 4.44. The number of amides is 2. The Morgan fingerprint density at radius 3 is 2.47 bits per heavy atom. The lowest BCUT2D eigenvalue weighted by atomic mass is 10.2. The minimum Gasteiger partial charge on any atom is -0.373 e. The molecule has 0 aromatic carbocycles. The lowest BCUT2D eigenvalue weighted by Gasteiger charge is -2.31. The summed E-state index contributed by atoms with van der Waals surface area (Å²) >= 11 is 0. The fraction of sp³-hybridized carbons (Fsp3) is 0.615. The van der Waals surface area contributed by atoms with Gasteiger partial charge < -0.3 is 15.1 Å². The molecule has 0 aliphatic carbocycles. The maximum atomic E-state index is 11.7. The van der Waals surface area contributed by atoms with Gasteiger partial charge in [0.1, 0.15) is 11.6 Å². The standard InChI is InChI=1S/C13H20N4O2/c1-2-3-4-15-13(19)12(9-14)10-16-5-7-17(11-18)8-6-16/h10-11H,2-8H2,1H3,(H,15,19)/b12-10-. The number of nitriles is 1. The van der Waals surface area contributed by atoms with E-state index in [1.165, 1.54) is 0 Å². The molecule has 1 rings (SSSR count). The summed E-state index contributed by atoms with van der Waals surface area (Å²) in [5.41, 5.74) is 0.121. The van der Waals surface area contributed by atoms with Crippen molar-refractivity contribution < 1.29 is 9.59 Å². The molecule has 0 bridgehead atoms. The van der Waals surface area contributed by atoms with E-state index >= 15 is 0 Å². The first-order chi connectivity index (χ1) is 9.21. The number of nitrogens with one attached hydrogen (secondary N) is 1. The summed E-state index contributed by atoms with van der Waals surface area (Å²) in [4.78, 5) is 25.9. The molecule has 0 saturated carbocycles. The molecule has 2 amide bonds. The van der Waals surface area contributed by atoms with Gasteiger partial charge in [0.05, 0.1) is 0 Å². The van der Waals surface area contributed by atoms with Crippen LogP contribution in [0.4, 0.5) is 0 Å². The zero-order valence-electron chi connectivity index (χ0n) is 11.3. The van der Waals surface area contributed by atoms with Crippen LogP contribution < -0.4 is 5.32 Å². The number of carbonyl (C=O) groups is 2. The number of hydrogen-bond acceptors (Lipinski definition) is 4. The molecule has 19 heavy (non-hydrogen) atoms. The Morgan fingerprint density at radius 2 is 1.95 bits per heavy atom. The number of piperazine rings is 1. The molecule has 6 heteroatoms. The summed E-state index contributed by atoms with van der Waals surface area (Å²) < 4.78 is 0. The Morgan fingerprint density at radius 1 is 1.32 bits per heavy atom. The van der Waals surface area contributed by atoms with Crippen LogP contribution in [0.1, 0.15) is 19.8 Å². The van der Waals surface area contributed by atoms with Crippen LogP contribution in [0.2, 0.25) is 0 Å². The topological polar surface area (TPSA) is 76.4 Å². The first-order valence-electron chi connectivity index (χ1n) is 6.54. The molecule has 0 aromatic heterocycles. The number of nitrogens with zero attached hydrogens (tertiary/aromatic N) is 3. The highest BCUT2D eigenvalue weighted by molar-refractivity contribution is 5.97. The van der Waals surface area contributed by atoms with E-state index in [4.69, 9.17) is 5.26 Å². The van der Waals surface area contributed by atoms with Crippen molar-refractivity contribution in [1.29, 1.82) is 5.26 Å². The second kappa shape index (κ2) is 8.14. The summed E-state index contributed by atoms with van der Waals surface area (Å²) in [5.74, 6) is -0.325. The van der Waals surface area contributed by atoms with Gasteiger partial charge in [-0.05, 0) is 6.42 Å². The molecule has 0 radical (unpaired) electrons. The molecule has 0 atom stereocenters. The molecule has 6 nitrogen and oxygen atoms in total. The van der Waals surface area contributed by atoms with Gasteiger partial charge in [-0.1, -0.05) is 13.3 Å². The van der Waals surface area contributed by atoms with Crippen molar-refractivity contribution in [3.05, 3.63) is 11.8 Å². The van der Waals surface area contributed by atoms with E-state index in [1.807, 2.05) is 17.9 Å². The molecule has 104 valence electrons. The van der Waals surface area contributed by atoms with Crippen molar-refractivity contribution in [2.24, 2.45) is 0 Å². The van der Waals surface area contributed by atoms with Gasteiger partial charge >= 0.3 is 0 Å². The molecule has 1 fully saturated rings. The number of hydrogen-bond donors (Lipinski definition) is 1. The van der Waals surface area contributed by atoms with Crippen LogP contribution in [0.5, 0.6) is 0 Å². The monoisotopic (exact) mass is 264 g/mol. The third-order valence-corrected chi connectivity index (χ3v) is 2.99. The van der Waals surface area contributed by atoms with Gasteiger partial charge in [0, 0.05) is 38.9 Å². The highest BCUT2D eigenvalue weighted by atomic mass is 16.1. The summed E-state index contributed by atoms with van der Waals surface area (Å²) in [6.07, 6.45) is 4.31. The van der Waals surface area contributed by atoms with Gasteiger partial charge in [0.2, 0.25) is 6.41 Å². The van der Waals surface area contributed by atoms with Gasteiger partial charge in [0.25, 0.3) is 5.91 Å². The number of carbonyl (C=O) groups excluding carboxylic acids is 2. The van der Waals surface area contributed by atoms with Crippen molar-refractivity contribution in [3.63, 3.8) is 0 Å². The van der Waals surface area contributed by atoms with Crippen LogP contribution in [-0.2, 0) is 9.59 Å². The second-order valence-electron chi connectivity index (χ2n) is 4.44. The van der Waals surface area contributed by atoms with Crippen LogP contribution in [0.15, 0.2) is 11.8 Å². The normalized spacial score (nSPS) is 15.9. The molecule has 1 saturated heterocycles. The van der Waals surface area contributed by atoms with Gasteiger partial charge in [-0.2, -0.15) is 5.26 Å². The predicted octanol–water partition coefficient (Wildman–Crippen LogP) is 0.0842. The third kappa shape index (κ3) is 5.00. The molecule has 1 N–H and O–H groups in total. The fourth-order valence-corrected chi connectivity index (χ4v) is 1.77. The minimum atomic E-state index is -0.325.